The van der Waals surface area contributed by atoms with Gasteiger partial charge in [-0.25, -0.2) is 0 Å². The van der Waals surface area contributed by atoms with Crippen molar-refractivity contribution in [2.45, 2.75) is 19.3 Å². The summed E-state index contributed by atoms with van der Waals surface area (Å²) in [4.78, 5) is 30.3. The number of thiophene rings is 1. The maximum absolute atomic E-state index is 12.7. The molecule has 0 saturated carbocycles. The van der Waals surface area contributed by atoms with Gasteiger partial charge in [0.1, 0.15) is 0 Å². The van der Waals surface area contributed by atoms with Crippen molar-refractivity contribution >= 4 is 34.4 Å². The SMILES string of the molecule is Nc1ccc(-c2cccs2)cc1NC(=O)c1ccc(C(=O)CCCc2ccncc2)cc1. The van der Waals surface area contributed by atoms with E-state index >= 15 is 0 Å². The zero-order chi connectivity index (χ0) is 22.3. The van der Waals surface area contributed by atoms with E-state index in [4.69, 9.17) is 5.73 Å². The second-order valence-electron chi connectivity index (χ2n) is 7.44. The van der Waals surface area contributed by atoms with Gasteiger partial charge in [-0.2, -0.15) is 0 Å². The number of carbonyl (C=O) groups is 2. The van der Waals surface area contributed by atoms with Gasteiger partial charge in [-0.1, -0.05) is 24.3 Å². The molecule has 0 aliphatic carbocycles. The number of nitrogen functional groups attached to an aromatic ring is 1. The molecule has 2 heterocycles. The van der Waals surface area contributed by atoms with Gasteiger partial charge in [0.05, 0.1) is 11.4 Å². The third kappa shape index (κ3) is 5.28. The first kappa shape index (κ1) is 21.5. The Morgan fingerprint density at radius 3 is 2.41 bits per heavy atom. The van der Waals surface area contributed by atoms with Gasteiger partial charge in [0.25, 0.3) is 5.91 Å². The van der Waals surface area contributed by atoms with Crippen molar-refractivity contribution in [1.29, 1.82) is 0 Å². The first-order valence-electron chi connectivity index (χ1n) is 10.4. The number of rotatable bonds is 8. The van der Waals surface area contributed by atoms with Crippen LogP contribution in [-0.2, 0) is 6.42 Å². The second kappa shape index (κ2) is 10.0. The van der Waals surface area contributed by atoms with Gasteiger partial charge in [-0.05, 0) is 71.8 Å². The van der Waals surface area contributed by atoms with Gasteiger partial charge in [-0.3, -0.25) is 14.6 Å². The van der Waals surface area contributed by atoms with E-state index in [2.05, 4.69) is 10.3 Å². The molecule has 6 heteroatoms. The van der Waals surface area contributed by atoms with Crippen LogP contribution < -0.4 is 11.1 Å². The standard InChI is InChI=1S/C26H23N3O2S/c27-22-11-10-21(25-5-2-16-32-25)17-23(22)29-26(31)20-8-6-19(7-9-20)24(30)4-1-3-18-12-14-28-15-13-18/h2,5-17H,1,3-4,27H2,(H,29,31). The van der Waals surface area contributed by atoms with Gasteiger partial charge < -0.3 is 11.1 Å². The predicted octanol–water partition coefficient (Wildman–Crippen LogP) is 5.85. The molecule has 4 rings (SSSR count). The lowest BCUT2D eigenvalue weighted by Gasteiger charge is -2.10. The Bertz CT molecular complexity index is 1200. The molecule has 32 heavy (non-hydrogen) atoms. The number of hydrogen-bond donors (Lipinski definition) is 2. The van der Waals surface area contributed by atoms with Gasteiger partial charge in [0.2, 0.25) is 0 Å². The number of aromatic nitrogens is 1. The van der Waals surface area contributed by atoms with Gasteiger partial charge >= 0.3 is 0 Å². The lowest BCUT2D eigenvalue weighted by molar-refractivity contribution is 0.0977. The number of aryl methyl sites for hydroxylation is 1. The molecule has 5 nitrogen and oxygen atoms in total. The molecular formula is C26H23N3O2S. The normalized spacial score (nSPS) is 10.6. The highest BCUT2D eigenvalue weighted by atomic mass is 32.1. The number of nitrogens with one attached hydrogen (secondary N) is 1. The minimum absolute atomic E-state index is 0.0684. The van der Waals surface area contributed by atoms with Crippen LogP contribution in [0.3, 0.4) is 0 Å². The van der Waals surface area contributed by atoms with Crippen LogP contribution in [-0.4, -0.2) is 16.7 Å². The predicted molar refractivity (Wildman–Crippen MR) is 130 cm³/mol. The van der Waals surface area contributed by atoms with Crippen LogP contribution in [0.1, 0.15) is 39.1 Å². The van der Waals surface area contributed by atoms with Crippen molar-refractivity contribution in [2.24, 2.45) is 0 Å². The van der Waals surface area contributed by atoms with Crippen LogP contribution in [0.2, 0.25) is 0 Å². The summed E-state index contributed by atoms with van der Waals surface area (Å²) in [5.74, 6) is -0.198. The molecule has 0 atom stereocenters. The molecule has 0 bridgehead atoms. The molecule has 0 unspecified atom stereocenters. The zero-order valence-corrected chi connectivity index (χ0v) is 18.3. The van der Waals surface area contributed by atoms with Crippen LogP contribution in [0, 0.1) is 0 Å². The fraction of sp³-hybridized carbons (Fsp3) is 0.115. The number of carbonyl (C=O) groups excluding carboxylic acids is 2. The van der Waals surface area contributed by atoms with Crippen molar-refractivity contribution in [1.82, 2.24) is 4.98 Å². The van der Waals surface area contributed by atoms with Crippen LogP contribution in [0.25, 0.3) is 10.4 Å². The summed E-state index contributed by atoms with van der Waals surface area (Å²) in [5.41, 5.74) is 10.4. The Morgan fingerprint density at radius 2 is 1.69 bits per heavy atom. The molecule has 0 radical (unpaired) electrons. The molecule has 3 N–H and O–H groups in total. The summed E-state index contributed by atoms with van der Waals surface area (Å²) in [6, 6.07) is 20.3. The van der Waals surface area contributed by atoms with E-state index in [1.54, 1.807) is 54.1 Å². The van der Waals surface area contributed by atoms with Gasteiger partial charge in [-0.15, -0.1) is 11.3 Å². The van der Waals surface area contributed by atoms with Crippen LogP contribution in [0.15, 0.2) is 84.5 Å². The van der Waals surface area contributed by atoms with Crippen molar-refractivity contribution in [3.8, 4) is 10.4 Å². The maximum atomic E-state index is 12.7. The van der Waals surface area contributed by atoms with E-state index < -0.39 is 0 Å². The highest BCUT2D eigenvalue weighted by Crippen LogP contribution is 2.30. The summed E-state index contributed by atoms with van der Waals surface area (Å²) < 4.78 is 0. The van der Waals surface area contributed by atoms with Crippen LogP contribution in [0.4, 0.5) is 11.4 Å². The van der Waals surface area contributed by atoms with E-state index in [0.717, 1.165) is 23.3 Å². The molecule has 0 saturated heterocycles. The fourth-order valence-corrected chi connectivity index (χ4v) is 4.13. The molecule has 4 aromatic rings. The maximum Gasteiger partial charge on any atom is 0.255 e. The number of amides is 1. The van der Waals surface area contributed by atoms with E-state index in [9.17, 15) is 9.59 Å². The minimum Gasteiger partial charge on any atom is -0.397 e. The lowest BCUT2D eigenvalue weighted by Crippen LogP contribution is -2.13. The fourth-order valence-electron chi connectivity index (χ4n) is 3.41. The zero-order valence-electron chi connectivity index (χ0n) is 17.5. The number of benzene rings is 2. The summed E-state index contributed by atoms with van der Waals surface area (Å²) in [5, 5.41) is 4.89. The highest BCUT2D eigenvalue weighted by molar-refractivity contribution is 7.13. The quantitative estimate of drug-likeness (QED) is 0.265. The monoisotopic (exact) mass is 441 g/mol. The summed E-state index contributed by atoms with van der Waals surface area (Å²) in [6.07, 6.45) is 5.57. The Hall–Kier alpha value is -3.77. The number of hydrogen-bond acceptors (Lipinski definition) is 5. The number of ketones is 1. The smallest absolute Gasteiger partial charge is 0.255 e. The van der Waals surface area contributed by atoms with E-state index in [-0.39, 0.29) is 11.7 Å². The first-order chi connectivity index (χ1) is 15.6. The third-order valence-corrected chi connectivity index (χ3v) is 6.11. The molecule has 0 aliphatic heterocycles. The van der Waals surface area contributed by atoms with Gasteiger partial charge in [0, 0.05) is 34.8 Å². The van der Waals surface area contributed by atoms with Crippen molar-refractivity contribution < 1.29 is 9.59 Å². The largest absolute Gasteiger partial charge is 0.397 e. The average molecular weight is 442 g/mol. The van der Waals surface area contributed by atoms with Crippen molar-refractivity contribution in [3.63, 3.8) is 0 Å². The third-order valence-electron chi connectivity index (χ3n) is 5.19. The van der Waals surface area contributed by atoms with Crippen LogP contribution in [0.5, 0.6) is 0 Å². The molecular weight excluding hydrogens is 418 g/mol. The minimum atomic E-state index is -0.267. The highest BCUT2D eigenvalue weighted by Gasteiger charge is 2.12. The number of anilines is 2. The summed E-state index contributed by atoms with van der Waals surface area (Å²) in [6.45, 7) is 0. The Kier molecular flexibility index (Phi) is 6.72. The molecule has 2 aromatic heterocycles. The van der Waals surface area contributed by atoms with E-state index in [1.807, 2.05) is 41.8 Å². The Balaban J connectivity index is 1.37. The average Bonchev–Trinajstić information content (AvgIpc) is 3.36. The molecule has 2 aromatic carbocycles. The topological polar surface area (TPSA) is 85.1 Å². The van der Waals surface area contributed by atoms with Crippen molar-refractivity contribution in [3.05, 3.63) is 101 Å². The Labute approximate surface area is 191 Å². The molecule has 0 fully saturated rings. The number of Topliss-reactive ketones (excluding diaryl/α,β-unsaturated/α-hetero) is 1. The molecule has 0 aliphatic rings. The van der Waals surface area contributed by atoms with Crippen molar-refractivity contribution in [2.75, 3.05) is 11.1 Å². The lowest BCUT2D eigenvalue weighted by atomic mass is 10.0. The summed E-state index contributed by atoms with van der Waals surface area (Å²) in [7, 11) is 0. The van der Waals surface area contributed by atoms with E-state index in [1.165, 1.54) is 5.56 Å². The number of pyridine rings is 1. The molecule has 0 spiro atoms. The van der Waals surface area contributed by atoms with Gasteiger partial charge in [0.15, 0.2) is 5.78 Å². The van der Waals surface area contributed by atoms with E-state index in [0.29, 0.717) is 28.9 Å². The number of nitrogens with two attached hydrogens (primary N) is 1. The Morgan fingerprint density at radius 1 is 0.938 bits per heavy atom. The molecule has 160 valence electrons. The first-order valence-corrected chi connectivity index (χ1v) is 11.2. The second-order valence-corrected chi connectivity index (χ2v) is 8.39. The summed E-state index contributed by atoms with van der Waals surface area (Å²) >= 11 is 1.63. The van der Waals surface area contributed by atoms with Crippen LogP contribution >= 0.6 is 11.3 Å². The molecule has 1 amide bonds. The number of nitrogens with zero attached hydrogens (tertiary/aromatic N) is 1.